The second-order valence-electron chi connectivity index (χ2n) is 7.06. The number of hydrogen-bond donors (Lipinski definition) is 0. The number of ether oxygens (including phenoxy) is 1. The minimum atomic E-state index is -1.26. The van der Waals surface area contributed by atoms with Crippen molar-refractivity contribution in [3.63, 3.8) is 0 Å². The molecule has 0 spiro atoms. The minimum Gasteiger partial charge on any atom is -0.468 e. The second kappa shape index (κ2) is 7.55. The Balaban J connectivity index is 2.09. The number of aromatic nitrogens is 2. The maximum atomic E-state index is 14.2. The number of hydrogen-bond acceptors (Lipinski definition) is 4. The van der Waals surface area contributed by atoms with Crippen LogP contribution < -0.4 is 0 Å². The van der Waals surface area contributed by atoms with Gasteiger partial charge < -0.3 is 4.74 Å². The maximum Gasteiger partial charge on any atom is 0.322 e. The van der Waals surface area contributed by atoms with Crippen molar-refractivity contribution in [2.75, 3.05) is 7.11 Å². The van der Waals surface area contributed by atoms with Crippen molar-refractivity contribution in [2.24, 2.45) is 5.92 Å². The molecular weight excluding hydrogens is 494 g/mol. The summed E-state index contributed by atoms with van der Waals surface area (Å²) in [5.74, 6) is -0.547. The summed E-state index contributed by atoms with van der Waals surface area (Å²) in [5, 5.41) is 0.760. The van der Waals surface area contributed by atoms with E-state index in [1.165, 1.54) is 19.2 Å². The van der Waals surface area contributed by atoms with Crippen LogP contribution in [0.4, 0.5) is 4.39 Å². The summed E-state index contributed by atoms with van der Waals surface area (Å²) in [6.07, 6.45) is 2.52. The summed E-state index contributed by atoms with van der Waals surface area (Å²) in [7, 11) is 1.35. The Morgan fingerprint density at radius 3 is 2.75 bits per heavy atom. The van der Waals surface area contributed by atoms with Gasteiger partial charge in [-0.3, -0.25) is 4.79 Å². The lowest BCUT2D eigenvalue weighted by Gasteiger charge is -2.32. The first-order valence-corrected chi connectivity index (χ1v) is 10.4. The van der Waals surface area contributed by atoms with Crippen LogP contribution in [0.25, 0.3) is 10.9 Å². The van der Waals surface area contributed by atoms with Gasteiger partial charge >= 0.3 is 5.97 Å². The van der Waals surface area contributed by atoms with E-state index in [1.807, 2.05) is 18.2 Å². The third-order valence-electron chi connectivity index (χ3n) is 5.18. The van der Waals surface area contributed by atoms with E-state index in [0.717, 1.165) is 16.4 Å². The van der Waals surface area contributed by atoms with Crippen LogP contribution in [0.3, 0.4) is 0 Å². The van der Waals surface area contributed by atoms with E-state index in [9.17, 15) is 9.18 Å². The van der Waals surface area contributed by atoms with Crippen molar-refractivity contribution >= 4 is 51.1 Å². The lowest BCUT2D eigenvalue weighted by Crippen LogP contribution is -2.40. The fourth-order valence-electron chi connectivity index (χ4n) is 3.73. The topological polar surface area (TPSA) is 52.1 Å². The standard InChI is InChI=1S/C21H17ClFIN2O2/c1-28-19(27)21(11-12-5-6-12,13-3-2-4-14(23)9-13)18-16-10-15(24)7-8-17(16)25-20(22)26-18/h2-4,7-10,12H,5-6,11H2,1H3. The molecule has 0 radical (unpaired) electrons. The quantitative estimate of drug-likeness (QED) is 0.266. The van der Waals surface area contributed by atoms with Gasteiger partial charge in [-0.25, -0.2) is 14.4 Å². The average molecular weight is 511 g/mol. The Kier molecular flexibility index (Phi) is 5.26. The van der Waals surface area contributed by atoms with E-state index in [-0.39, 0.29) is 5.28 Å². The second-order valence-corrected chi connectivity index (χ2v) is 8.64. The third kappa shape index (κ3) is 3.48. The van der Waals surface area contributed by atoms with Crippen LogP contribution in [0.1, 0.15) is 30.5 Å². The first kappa shape index (κ1) is 19.5. The van der Waals surface area contributed by atoms with Crippen molar-refractivity contribution < 1.29 is 13.9 Å². The molecule has 3 aromatic rings. The summed E-state index contributed by atoms with van der Waals surface area (Å²) in [6.45, 7) is 0. The molecule has 1 unspecified atom stereocenters. The normalized spacial score (nSPS) is 16.0. The number of carbonyl (C=O) groups excluding carboxylic acids is 1. The fourth-order valence-corrected chi connectivity index (χ4v) is 4.40. The molecular formula is C21H17ClFIN2O2. The molecule has 1 saturated carbocycles. The fraction of sp³-hybridized carbons (Fsp3) is 0.286. The zero-order valence-corrected chi connectivity index (χ0v) is 18.0. The van der Waals surface area contributed by atoms with Crippen LogP contribution in [-0.4, -0.2) is 23.0 Å². The van der Waals surface area contributed by atoms with Crippen LogP contribution in [0.5, 0.6) is 0 Å². The molecule has 0 bridgehead atoms. The van der Waals surface area contributed by atoms with Gasteiger partial charge in [-0.05, 0) is 82.4 Å². The van der Waals surface area contributed by atoms with Gasteiger partial charge in [0.15, 0.2) is 0 Å². The number of carbonyl (C=O) groups is 1. The highest BCUT2D eigenvalue weighted by Crippen LogP contribution is 2.48. The molecule has 1 fully saturated rings. The SMILES string of the molecule is COC(=O)C(CC1CC1)(c1cccc(F)c1)c1nc(Cl)nc2ccc(I)cc12. The zero-order valence-electron chi connectivity index (χ0n) is 15.1. The molecule has 0 aliphatic heterocycles. The van der Waals surface area contributed by atoms with E-state index < -0.39 is 17.2 Å². The van der Waals surface area contributed by atoms with Crippen molar-refractivity contribution in [3.05, 3.63) is 68.4 Å². The number of halogens is 3. The van der Waals surface area contributed by atoms with Crippen molar-refractivity contribution in [1.82, 2.24) is 9.97 Å². The van der Waals surface area contributed by atoms with E-state index in [4.69, 9.17) is 16.3 Å². The highest BCUT2D eigenvalue weighted by molar-refractivity contribution is 14.1. The Hall–Kier alpha value is -1.80. The van der Waals surface area contributed by atoms with Crippen LogP contribution >= 0.6 is 34.2 Å². The number of benzene rings is 2. The molecule has 144 valence electrons. The Morgan fingerprint density at radius 2 is 2.07 bits per heavy atom. The van der Waals surface area contributed by atoms with Gasteiger partial charge in [-0.1, -0.05) is 25.0 Å². The molecule has 1 aromatic heterocycles. The number of esters is 1. The molecule has 7 heteroatoms. The Bertz CT molecular complexity index is 1070. The summed E-state index contributed by atoms with van der Waals surface area (Å²) in [6, 6.07) is 11.8. The van der Waals surface area contributed by atoms with Crippen LogP contribution in [0.15, 0.2) is 42.5 Å². The Labute approximate surface area is 180 Å². The number of rotatable bonds is 5. The molecule has 0 N–H and O–H groups in total. The molecule has 28 heavy (non-hydrogen) atoms. The summed E-state index contributed by atoms with van der Waals surface area (Å²) in [4.78, 5) is 22.1. The van der Waals surface area contributed by atoms with Crippen LogP contribution in [-0.2, 0) is 14.9 Å². The van der Waals surface area contributed by atoms with E-state index in [0.29, 0.717) is 34.5 Å². The Morgan fingerprint density at radius 1 is 1.29 bits per heavy atom. The first-order chi connectivity index (χ1) is 13.4. The number of methoxy groups -OCH3 is 1. The van der Waals surface area contributed by atoms with Gasteiger partial charge in [0.1, 0.15) is 11.2 Å². The number of fused-ring (bicyclic) bond motifs is 1. The molecule has 4 rings (SSSR count). The van der Waals surface area contributed by atoms with Gasteiger partial charge in [0, 0.05) is 8.96 Å². The lowest BCUT2D eigenvalue weighted by molar-refractivity contribution is -0.146. The largest absolute Gasteiger partial charge is 0.468 e. The van der Waals surface area contributed by atoms with Gasteiger partial charge in [0.05, 0.1) is 18.3 Å². The van der Waals surface area contributed by atoms with E-state index in [1.54, 1.807) is 12.1 Å². The van der Waals surface area contributed by atoms with E-state index >= 15 is 0 Å². The summed E-state index contributed by atoms with van der Waals surface area (Å²) in [5.41, 5.74) is 0.357. The van der Waals surface area contributed by atoms with Gasteiger partial charge in [-0.2, -0.15) is 0 Å². The zero-order chi connectivity index (χ0) is 19.9. The summed E-state index contributed by atoms with van der Waals surface area (Å²) < 4.78 is 20.4. The molecule has 2 aromatic carbocycles. The minimum absolute atomic E-state index is 0.0455. The summed E-state index contributed by atoms with van der Waals surface area (Å²) >= 11 is 8.44. The number of nitrogens with zero attached hydrogens (tertiary/aromatic N) is 2. The predicted molar refractivity (Wildman–Crippen MR) is 114 cm³/mol. The highest BCUT2D eigenvalue weighted by atomic mass is 127. The molecule has 1 atom stereocenters. The van der Waals surface area contributed by atoms with Crippen molar-refractivity contribution in [2.45, 2.75) is 24.7 Å². The molecule has 1 heterocycles. The molecule has 0 saturated heterocycles. The van der Waals surface area contributed by atoms with Gasteiger partial charge in [0.2, 0.25) is 5.28 Å². The first-order valence-electron chi connectivity index (χ1n) is 8.92. The molecule has 1 aliphatic carbocycles. The smallest absolute Gasteiger partial charge is 0.322 e. The predicted octanol–water partition coefficient (Wildman–Crippen LogP) is 5.29. The lowest BCUT2D eigenvalue weighted by atomic mass is 9.72. The average Bonchev–Trinajstić information content (AvgIpc) is 3.49. The molecule has 0 amide bonds. The molecule has 1 aliphatic rings. The highest BCUT2D eigenvalue weighted by Gasteiger charge is 2.49. The van der Waals surface area contributed by atoms with Crippen molar-refractivity contribution in [3.8, 4) is 0 Å². The van der Waals surface area contributed by atoms with Gasteiger partial charge in [0.25, 0.3) is 0 Å². The van der Waals surface area contributed by atoms with Crippen LogP contribution in [0, 0.1) is 15.3 Å². The molecule has 4 nitrogen and oxygen atoms in total. The van der Waals surface area contributed by atoms with Gasteiger partial charge in [-0.15, -0.1) is 0 Å². The maximum absolute atomic E-state index is 14.2. The third-order valence-corrected chi connectivity index (χ3v) is 6.02. The van der Waals surface area contributed by atoms with E-state index in [2.05, 4.69) is 32.6 Å². The van der Waals surface area contributed by atoms with Crippen LogP contribution in [0.2, 0.25) is 5.28 Å². The van der Waals surface area contributed by atoms with Crippen molar-refractivity contribution in [1.29, 1.82) is 0 Å². The monoisotopic (exact) mass is 510 g/mol.